The van der Waals surface area contributed by atoms with Crippen molar-refractivity contribution in [1.82, 2.24) is 5.32 Å². The molecule has 2 atom stereocenters. The molecule has 3 N–H and O–H groups in total. The molecular weight excluding hydrogens is 274 g/mol. The van der Waals surface area contributed by atoms with Gasteiger partial charge in [0.25, 0.3) is 11.8 Å². The number of hydrogen-bond acceptors (Lipinski definition) is 4. The topological polar surface area (TPSA) is 81.1 Å². The van der Waals surface area contributed by atoms with Crippen molar-refractivity contribution in [2.24, 2.45) is 0 Å². The van der Waals surface area contributed by atoms with E-state index in [1.165, 1.54) is 0 Å². The number of amides is 2. The third kappa shape index (κ3) is 2.92. The summed E-state index contributed by atoms with van der Waals surface area (Å²) < 4.78 is 10.5. The normalized spacial score (nSPS) is 21.6. The summed E-state index contributed by atoms with van der Waals surface area (Å²) in [7, 11) is 0. The summed E-state index contributed by atoms with van der Waals surface area (Å²) >= 11 is 0. The molecular formula is C14H18N3O4+. The monoisotopic (exact) mass is 292 g/mol. The van der Waals surface area contributed by atoms with Crippen LogP contribution in [0.4, 0.5) is 5.69 Å². The Morgan fingerprint density at radius 1 is 1.38 bits per heavy atom. The van der Waals surface area contributed by atoms with E-state index in [2.05, 4.69) is 10.6 Å². The average Bonchev–Trinajstić information content (AvgIpc) is 2.94. The molecule has 1 saturated heterocycles. The molecule has 0 spiro atoms. The maximum atomic E-state index is 12.3. The van der Waals surface area contributed by atoms with Crippen LogP contribution in [-0.4, -0.2) is 44.3 Å². The summed E-state index contributed by atoms with van der Waals surface area (Å²) in [6.07, 6.45) is 0. The molecule has 1 aromatic carbocycles. The van der Waals surface area contributed by atoms with Gasteiger partial charge in [-0.3, -0.25) is 9.59 Å². The van der Waals surface area contributed by atoms with Crippen molar-refractivity contribution in [1.29, 1.82) is 0 Å². The zero-order valence-corrected chi connectivity index (χ0v) is 11.8. The fraction of sp³-hybridized carbons (Fsp3) is 0.429. The van der Waals surface area contributed by atoms with Crippen molar-refractivity contribution >= 4 is 17.5 Å². The largest absolute Gasteiger partial charge is 0.454 e. The summed E-state index contributed by atoms with van der Waals surface area (Å²) in [6.45, 7) is 3.72. The first-order valence-corrected chi connectivity index (χ1v) is 6.95. The van der Waals surface area contributed by atoms with Crippen molar-refractivity contribution in [3.8, 4) is 11.5 Å². The Morgan fingerprint density at radius 3 is 3.00 bits per heavy atom. The summed E-state index contributed by atoms with van der Waals surface area (Å²) in [6, 6.07) is 4.99. The van der Waals surface area contributed by atoms with Crippen LogP contribution in [0.1, 0.15) is 6.92 Å². The number of ether oxygens (including phenoxy) is 2. The van der Waals surface area contributed by atoms with Crippen LogP contribution in [0.25, 0.3) is 0 Å². The van der Waals surface area contributed by atoms with E-state index in [0.717, 1.165) is 11.4 Å². The van der Waals surface area contributed by atoms with E-state index < -0.39 is 0 Å². The van der Waals surface area contributed by atoms with Crippen molar-refractivity contribution in [2.45, 2.75) is 13.0 Å². The first-order valence-electron chi connectivity index (χ1n) is 6.95. The van der Waals surface area contributed by atoms with Gasteiger partial charge in [-0.05, 0) is 19.1 Å². The molecule has 112 valence electrons. The fourth-order valence-corrected chi connectivity index (χ4v) is 2.50. The molecule has 1 aromatic rings. The predicted molar refractivity (Wildman–Crippen MR) is 74.4 cm³/mol. The van der Waals surface area contributed by atoms with E-state index in [1.54, 1.807) is 18.2 Å². The van der Waals surface area contributed by atoms with Gasteiger partial charge in [0.05, 0.1) is 13.1 Å². The maximum absolute atomic E-state index is 12.3. The third-order valence-corrected chi connectivity index (χ3v) is 3.80. The first kappa shape index (κ1) is 13.7. The van der Waals surface area contributed by atoms with Gasteiger partial charge in [0.15, 0.2) is 24.1 Å². The molecule has 0 saturated carbocycles. The van der Waals surface area contributed by atoms with Gasteiger partial charge in [-0.1, -0.05) is 0 Å². The maximum Gasteiger partial charge on any atom is 0.282 e. The molecule has 2 aliphatic rings. The zero-order valence-electron chi connectivity index (χ0n) is 11.8. The number of carbonyl (C=O) groups is 2. The van der Waals surface area contributed by atoms with Crippen LogP contribution in [0, 0.1) is 0 Å². The van der Waals surface area contributed by atoms with Crippen LogP contribution in [-0.2, 0) is 9.59 Å². The standard InChI is InChI=1S/C14H17N3O4/c1-9(17-5-4-15-13(18)7-17)14(19)16-10-2-3-11-12(6-10)21-8-20-11/h2-3,6,9H,4-5,7-8H2,1H3,(H,15,18)(H,16,19)/p+1/t9-/m0/s1. The van der Waals surface area contributed by atoms with Gasteiger partial charge in [0.2, 0.25) is 6.79 Å². The van der Waals surface area contributed by atoms with Gasteiger partial charge in [0, 0.05) is 11.8 Å². The van der Waals surface area contributed by atoms with Gasteiger partial charge >= 0.3 is 0 Å². The smallest absolute Gasteiger partial charge is 0.282 e. The van der Waals surface area contributed by atoms with Crippen molar-refractivity contribution in [3.05, 3.63) is 18.2 Å². The second kappa shape index (κ2) is 5.61. The van der Waals surface area contributed by atoms with Crippen molar-refractivity contribution < 1.29 is 24.0 Å². The lowest BCUT2D eigenvalue weighted by atomic mass is 10.2. The Bertz CT molecular complexity index is 575. The van der Waals surface area contributed by atoms with E-state index in [9.17, 15) is 9.59 Å². The lowest BCUT2D eigenvalue weighted by molar-refractivity contribution is -0.907. The summed E-state index contributed by atoms with van der Waals surface area (Å²) in [5, 5.41) is 5.62. The second-order valence-electron chi connectivity index (χ2n) is 5.21. The van der Waals surface area contributed by atoms with E-state index in [1.807, 2.05) is 6.92 Å². The number of quaternary nitrogens is 1. The van der Waals surface area contributed by atoms with Crippen molar-refractivity contribution in [2.75, 3.05) is 31.7 Å². The van der Waals surface area contributed by atoms with Crippen molar-refractivity contribution in [3.63, 3.8) is 0 Å². The molecule has 21 heavy (non-hydrogen) atoms. The van der Waals surface area contributed by atoms with Crippen LogP contribution in [0.5, 0.6) is 11.5 Å². The molecule has 2 aliphatic heterocycles. The number of benzene rings is 1. The van der Waals surface area contributed by atoms with Gasteiger partial charge in [-0.25, -0.2) is 0 Å². The van der Waals surface area contributed by atoms with Crippen LogP contribution in [0.3, 0.4) is 0 Å². The quantitative estimate of drug-likeness (QED) is 0.651. The van der Waals surface area contributed by atoms with E-state index >= 15 is 0 Å². The highest BCUT2D eigenvalue weighted by atomic mass is 16.7. The number of fused-ring (bicyclic) bond motifs is 1. The number of rotatable bonds is 3. The van der Waals surface area contributed by atoms with Crippen LogP contribution in [0.15, 0.2) is 18.2 Å². The van der Waals surface area contributed by atoms with Gasteiger partial charge in [0.1, 0.15) is 0 Å². The minimum Gasteiger partial charge on any atom is -0.454 e. The number of piperazine rings is 1. The average molecular weight is 292 g/mol. The van der Waals surface area contributed by atoms with Gasteiger partial charge in [-0.2, -0.15) is 0 Å². The highest BCUT2D eigenvalue weighted by molar-refractivity contribution is 5.94. The molecule has 7 heteroatoms. The second-order valence-corrected chi connectivity index (χ2v) is 5.21. The molecule has 0 bridgehead atoms. The molecule has 0 aliphatic carbocycles. The Balaban J connectivity index is 1.64. The van der Waals surface area contributed by atoms with Crippen LogP contribution in [0.2, 0.25) is 0 Å². The fourth-order valence-electron chi connectivity index (χ4n) is 2.50. The van der Waals surface area contributed by atoms with Crippen LogP contribution < -0.4 is 25.0 Å². The summed E-state index contributed by atoms with van der Waals surface area (Å²) in [5.74, 6) is 1.18. The van der Waals surface area contributed by atoms with E-state index in [-0.39, 0.29) is 24.6 Å². The Morgan fingerprint density at radius 2 is 2.19 bits per heavy atom. The molecule has 1 unspecified atom stereocenters. The molecule has 0 radical (unpaired) electrons. The number of hydrogen-bond donors (Lipinski definition) is 3. The summed E-state index contributed by atoms with van der Waals surface area (Å²) in [4.78, 5) is 24.6. The molecule has 7 nitrogen and oxygen atoms in total. The number of carbonyl (C=O) groups excluding carboxylic acids is 2. The lowest BCUT2D eigenvalue weighted by Crippen LogP contribution is -3.19. The Hall–Kier alpha value is -2.28. The van der Waals surface area contributed by atoms with E-state index in [0.29, 0.717) is 30.3 Å². The zero-order chi connectivity index (χ0) is 14.8. The van der Waals surface area contributed by atoms with Gasteiger partial charge < -0.3 is 25.0 Å². The van der Waals surface area contributed by atoms with Crippen LogP contribution >= 0.6 is 0 Å². The highest BCUT2D eigenvalue weighted by Crippen LogP contribution is 2.34. The number of anilines is 1. The lowest BCUT2D eigenvalue weighted by Gasteiger charge is -2.28. The summed E-state index contributed by atoms with van der Waals surface area (Å²) in [5.41, 5.74) is 0.664. The van der Waals surface area contributed by atoms with Gasteiger partial charge in [-0.15, -0.1) is 0 Å². The molecule has 3 rings (SSSR count). The Kier molecular flexibility index (Phi) is 3.66. The predicted octanol–water partition coefficient (Wildman–Crippen LogP) is -1.24. The highest BCUT2D eigenvalue weighted by Gasteiger charge is 2.30. The Labute approximate surface area is 122 Å². The first-order chi connectivity index (χ1) is 10.1. The molecule has 2 amide bonds. The minimum atomic E-state index is -0.290. The van der Waals surface area contributed by atoms with E-state index in [4.69, 9.17) is 9.47 Å². The number of nitrogens with one attached hydrogen (secondary N) is 3. The third-order valence-electron chi connectivity index (χ3n) is 3.80. The molecule has 2 heterocycles. The minimum absolute atomic E-state index is 0.0148. The molecule has 0 aromatic heterocycles. The SMILES string of the molecule is C[C@@H](C(=O)Nc1ccc2c(c1)OCO2)[NH+]1CCNC(=O)C1. The molecule has 1 fully saturated rings.